The Labute approximate surface area is 73.1 Å². The second-order valence-corrected chi connectivity index (χ2v) is 5.27. The largest absolute Gasteiger partial charge is 0.390 e. The van der Waals surface area contributed by atoms with Gasteiger partial charge in [0.25, 0.3) is 0 Å². The van der Waals surface area contributed by atoms with Crippen molar-refractivity contribution in [2.75, 3.05) is 0 Å². The molecule has 68 valence electrons. The van der Waals surface area contributed by atoms with Gasteiger partial charge >= 0.3 is 0 Å². The van der Waals surface area contributed by atoms with Crippen molar-refractivity contribution < 1.29 is 5.11 Å². The molecule has 0 saturated heterocycles. The van der Waals surface area contributed by atoms with Crippen LogP contribution in [0.1, 0.15) is 32.1 Å². The van der Waals surface area contributed by atoms with Crippen LogP contribution >= 0.6 is 0 Å². The lowest BCUT2D eigenvalue weighted by molar-refractivity contribution is -0.132. The van der Waals surface area contributed by atoms with Crippen molar-refractivity contribution in [2.45, 2.75) is 43.7 Å². The van der Waals surface area contributed by atoms with E-state index in [1.807, 2.05) is 0 Å². The minimum absolute atomic E-state index is 0.299. The van der Waals surface area contributed by atoms with Gasteiger partial charge in [0.1, 0.15) is 0 Å². The number of hydrogen-bond donors (Lipinski definition) is 2. The average Bonchev–Trinajstić information content (AvgIpc) is 1.96. The average molecular weight is 167 g/mol. The number of hydrogen-bond acceptors (Lipinski definition) is 2. The second kappa shape index (κ2) is 2.05. The van der Waals surface area contributed by atoms with E-state index in [0.29, 0.717) is 17.9 Å². The SMILES string of the molecule is N[C@H]1[C@@H]2CC3C[C@H]1C[C@](O)(C3)C2. The van der Waals surface area contributed by atoms with Crippen LogP contribution in [0.2, 0.25) is 0 Å². The number of rotatable bonds is 0. The van der Waals surface area contributed by atoms with Crippen LogP contribution in [0.15, 0.2) is 0 Å². The topological polar surface area (TPSA) is 46.2 Å². The van der Waals surface area contributed by atoms with Gasteiger partial charge in [0.05, 0.1) is 5.60 Å². The third-order valence-electron chi connectivity index (χ3n) is 4.31. The molecule has 2 heteroatoms. The van der Waals surface area contributed by atoms with E-state index >= 15 is 0 Å². The molecule has 0 radical (unpaired) electrons. The first-order valence-corrected chi connectivity index (χ1v) is 5.14. The maximum atomic E-state index is 10.2. The molecule has 2 nitrogen and oxygen atoms in total. The van der Waals surface area contributed by atoms with Crippen LogP contribution in [0.25, 0.3) is 0 Å². The zero-order valence-electron chi connectivity index (χ0n) is 7.37. The van der Waals surface area contributed by atoms with E-state index in [9.17, 15) is 5.11 Å². The maximum absolute atomic E-state index is 10.2. The summed E-state index contributed by atoms with van der Waals surface area (Å²) in [6, 6.07) is 0.404. The van der Waals surface area contributed by atoms with Gasteiger partial charge in [-0.1, -0.05) is 0 Å². The van der Waals surface area contributed by atoms with Crippen molar-refractivity contribution in [2.24, 2.45) is 23.5 Å². The van der Waals surface area contributed by atoms with Crippen molar-refractivity contribution in [3.63, 3.8) is 0 Å². The van der Waals surface area contributed by atoms with Gasteiger partial charge in [-0.25, -0.2) is 0 Å². The Kier molecular flexibility index (Phi) is 1.25. The summed E-state index contributed by atoms with van der Waals surface area (Å²) in [5.74, 6) is 2.08. The minimum atomic E-state index is -0.299. The first kappa shape index (κ1) is 7.34. The van der Waals surface area contributed by atoms with Crippen molar-refractivity contribution in [1.82, 2.24) is 0 Å². The number of aliphatic hydroxyl groups is 1. The summed E-state index contributed by atoms with van der Waals surface area (Å²) in [6.07, 6.45) is 5.62. The smallest absolute Gasteiger partial charge is 0.0657 e. The van der Waals surface area contributed by atoms with E-state index in [1.54, 1.807) is 0 Å². The number of nitrogens with two attached hydrogens (primary N) is 1. The van der Waals surface area contributed by atoms with Gasteiger partial charge < -0.3 is 10.8 Å². The molecule has 4 bridgehead atoms. The summed E-state index contributed by atoms with van der Waals surface area (Å²) in [7, 11) is 0. The Hall–Kier alpha value is -0.0800. The Morgan fingerprint density at radius 3 is 2.17 bits per heavy atom. The Morgan fingerprint density at radius 1 is 1.08 bits per heavy atom. The van der Waals surface area contributed by atoms with Gasteiger partial charge in [0.15, 0.2) is 0 Å². The van der Waals surface area contributed by atoms with Gasteiger partial charge in [0.2, 0.25) is 0 Å². The predicted octanol–water partition coefficient (Wildman–Crippen LogP) is 0.885. The lowest BCUT2D eigenvalue weighted by Crippen LogP contribution is -2.59. The van der Waals surface area contributed by atoms with Crippen LogP contribution in [0.4, 0.5) is 0 Å². The quantitative estimate of drug-likeness (QED) is 0.562. The molecule has 0 amide bonds. The van der Waals surface area contributed by atoms with Crippen LogP contribution in [-0.2, 0) is 0 Å². The lowest BCUT2D eigenvalue weighted by atomic mass is 9.52. The highest BCUT2D eigenvalue weighted by Crippen LogP contribution is 2.54. The highest BCUT2D eigenvalue weighted by molar-refractivity contribution is 5.06. The van der Waals surface area contributed by atoms with Crippen molar-refractivity contribution in [3.05, 3.63) is 0 Å². The Bertz CT molecular complexity index is 200. The van der Waals surface area contributed by atoms with Crippen LogP contribution < -0.4 is 5.73 Å². The van der Waals surface area contributed by atoms with E-state index in [-0.39, 0.29) is 5.60 Å². The molecule has 0 aliphatic heterocycles. The molecule has 0 aromatic rings. The molecule has 0 heterocycles. The van der Waals surface area contributed by atoms with Crippen molar-refractivity contribution >= 4 is 0 Å². The Balaban J connectivity index is 1.95. The molecule has 0 aromatic heterocycles. The fourth-order valence-electron chi connectivity index (χ4n) is 4.02. The van der Waals surface area contributed by atoms with E-state index < -0.39 is 0 Å². The van der Waals surface area contributed by atoms with Crippen LogP contribution in [0.5, 0.6) is 0 Å². The highest BCUT2D eigenvalue weighted by Gasteiger charge is 2.53. The molecular formula is C10H17NO. The fraction of sp³-hybridized carbons (Fsp3) is 1.00. The van der Waals surface area contributed by atoms with Crippen molar-refractivity contribution in [3.8, 4) is 0 Å². The monoisotopic (exact) mass is 167 g/mol. The van der Waals surface area contributed by atoms with Crippen LogP contribution in [0, 0.1) is 17.8 Å². The van der Waals surface area contributed by atoms with Gasteiger partial charge in [-0.15, -0.1) is 0 Å². The third kappa shape index (κ3) is 0.826. The molecule has 0 aromatic carbocycles. The summed E-state index contributed by atoms with van der Waals surface area (Å²) in [5, 5.41) is 10.2. The molecule has 3 N–H and O–H groups in total. The summed E-state index contributed by atoms with van der Waals surface area (Å²) >= 11 is 0. The molecule has 4 rings (SSSR count). The maximum Gasteiger partial charge on any atom is 0.0657 e. The minimum Gasteiger partial charge on any atom is -0.390 e. The summed E-state index contributed by atoms with van der Waals surface area (Å²) in [4.78, 5) is 0. The first-order chi connectivity index (χ1) is 5.66. The van der Waals surface area contributed by atoms with E-state index in [0.717, 1.165) is 25.2 Å². The third-order valence-corrected chi connectivity index (χ3v) is 4.31. The highest BCUT2D eigenvalue weighted by atomic mass is 16.3. The van der Waals surface area contributed by atoms with Crippen LogP contribution in [0.3, 0.4) is 0 Å². The summed E-state index contributed by atoms with van der Waals surface area (Å²) in [6.45, 7) is 0. The predicted molar refractivity (Wildman–Crippen MR) is 46.5 cm³/mol. The van der Waals surface area contributed by atoms with Gasteiger partial charge in [0, 0.05) is 6.04 Å². The summed E-state index contributed by atoms with van der Waals surface area (Å²) in [5.41, 5.74) is 5.82. The fourth-order valence-corrected chi connectivity index (χ4v) is 4.02. The van der Waals surface area contributed by atoms with Crippen molar-refractivity contribution in [1.29, 1.82) is 0 Å². The normalized spacial score (nSPS) is 62.5. The molecule has 1 unspecified atom stereocenters. The molecule has 4 aliphatic carbocycles. The van der Waals surface area contributed by atoms with E-state index in [2.05, 4.69) is 0 Å². The molecule has 4 aliphatic rings. The zero-order valence-corrected chi connectivity index (χ0v) is 7.37. The van der Waals surface area contributed by atoms with Crippen LogP contribution in [-0.4, -0.2) is 16.7 Å². The van der Waals surface area contributed by atoms with Gasteiger partial charge in [-0.2, -0.15) is 0 Å². The standard InChI is InChI=1S/C10H17NO/c11-9-7-1-6-2-8(9)5-10(12,3-6)4-7/h6-9,12H,1-5,11H2/t6?,7-,8+,9+,10+. The second-order valence-electron chi connectivity index (χ2n) is 5.27. The molecule has 4 fully saturated rings. The summed E-state index contributed by atoms with van der Waals surface area (Å²) < 4.78 is 0. The van der Waals surface area contributed by atoms with Gasteiger partial charge in [-0.05, 0) is 49.9 Å². The first-order valence-electron chi connectivity index (χ1n) is 5.14. The lowest BCUT2D eigenvalue weighted by Gasteiger charge is -2.57. The molecule has 12 heavy (non-hydrogen) atoms. The van der Waals surface area contributed by atoms with E-state index in [4.69, 9.17) is 5.73 Å². The molecular weight excluding hydrogens is 150 g/mol. The molecule has 0 spiro atoms. The molecule has 5 atom stereocenters. The molecule has 4 saturated carbocycles. The van der Waals surface area contributed by atoms with Gasteiger partial charge in [-0.3, -0.25) is 0 Å². The van der Waals surface area contributed by atoms with E-state index in [1.165, 1.54) is 12.8 Å². The Morgan fingerprint density at radius 2 is 1.67 bits per heavy atom. The zero-order chi connectivity index (χ0) is 8.34.